The van der Waals surface area contributed by atoms with Gasteiger partial charge in [-0.3, -0.25) is 9.59 Å². The average molecular weight is 800 g/mol. The van der Waals surface area contributed by atoms with Gasteiger partial charge in [0.15, 0.2) is 0 Å². The lowest BCUT2D eigenvalue weighted by atomic mass is 10.0. The Hall–Kier alpha value is -2.18. The lowest BCUT2D eigenvalue weighted by Crippen LogP contribution is -2.46. The zero-order valence-corrected chi connectivity index (χ0v) is 37.7. The summed E-state index contributed by atoms with van der Waals surface area (Å²) in [5.74, 6) is -0.514. The molecule has 0 radical (unpaired) electrons. The zero-order valence-electron chi connectivity index (χ0n) is 37.7. The third-order valence-corrected chi connectivity index (χ3v) is 10.9. The van der Waals surface area contributed by atoms with Crippen LogP contribution < -0.4 is 5.32 Å². The van der Waals surface area contributed by atoms with Crippen LogP contribution in [0.2, 0.25) is 0 Å². The van der Waals surface area contributed by atoms with Crippen LogP contribution in [0.25, 0.3) is 0 Å². The number of nitrogens with one attached hydrogen (secondary N) is 1. The third-order valence-electron chi connectivity index (χ3n) is 10.9. The minimum absolute atomic E-state index is 0.0581. The Balaban J connectivity index is 4.65. The molecule has 6 nitrogen and oxygen atoms in total. The van der Waals surface area contributed by atoms with E-state index in [2.05, 4.69) is 74.7 Å². The van der Waals surface area contributed by atoms with Crippen LogP contribution in [0, 0.1) is 0 Å². The number of ether oxygens (including phenoxy) is 1. The Morgan fingerprint density at radius 2 is 0.947 bits per heavy atom. The Morgan fingerprint density at radius 3 is 1.47 bits per heavy atom. The van der Waals surface area contributed by atoms with Crippen molar-refractivity contribution in [2.75, 3.05) is 6.61 Å². The number of amides is 1. The van der Waals surface area contributed by atoms with Crippen molar-refractivity contribution in [2.45, 2.75) is 257 Å². The number of aliphatic hydroxyl groups excluding tert-OH is 2. The Morgan fingerprint density at radius 1 is 0.526 bits per heavy atom. The molecule has 3 unspecified atom stereocenters. The molecule has 0 spiro atoms. The first kappa shape index (κ1) is 54.8. The van der Waals surface area contributed by atoms with Gasteiger partial charge < -0.3 is 20.3 Å². The van der Waals surface area contributed by atoms with E-state index in [0.29, 0.717) is 19.3 Å². The highest BCUT2D eigenvalue weighted by Gasteiger charge is 2.24. The van der Waals surface area contributed by atoms with Gasteiger partial charge in [0.25, 0.3) is 0 Å². The Bertz CT molecular complexity index is 988. The van der Waals surface area contributed by atoms with Crippen LogP contribution in [0.5, 0.6) is 0 Å². The van der Waals surface area contributed by atoms with Crippen LogP contribution in [-0.4, -0.2) is 46.9 Å². The lowest BCUT2D eigenvalue weighted by molar-refractivity contribution is -0.151. The van der Waals surface area contributed by atoms with Gasteiger partial charge in [-0.25, -0.2) is 0 Å². The smallest absolute Gasteiger partial charge is 0.306 e. The lowest BCUT2D eigenvalue weighted by Gasteiger charge is -2.24. The Labute approximate surface area is 353 Å². The SMILES string of the molecule is CC/C=C/C/C=C/C/C=C/CCCCCCC(=O)OC(CCCCC/C=C/CCCCCCCCC)CC(=O)NC(CO)C(O)CCCCCCCCCCCC. The van der Waals surface area contributed by atoms with Gasteiger partial charge in [0.2, 0.25) is 5.91 Å². The fraction of sp³-hybridized carbons (Fsp3) is 0.804. The molecule has 0 aromatic rings. The molecular formula is C51H93NO5. The van der Waals surface area contributed by atoms with Crippen LogP contribution in [0.1, 0.15) is 239 Å². The number of hydrogen-bond acceptors (Lipinski definition) is 5. The molecular weight excluding hydrogens is 707 g/mol. The van der Waals surface area contributed by atoms with E-state index >= 15 is 0 Å². The molecule has 0 aromatic heterocycles. The fourth-order valence-electron chi connectivity index (χ4n) is 7.20. The highest BCUT2D eigenvalue weighted by molar-refractivity contribution is 5.77. The highest BCUT2D eigenvalue weighted by Crippen LogP contribution is 2.17. The maximum absolute atomic E-state index is 13.2. The molecule has 0 heterocycles. The first-order valence-electron chi connectivity index (χ1n) is 24.4. The Kier molecular flexibility index (Phi) is 43.2. The topological polar surface area (TPSA) is 95.9 Å². The summed E-state index contributed by atoms with van der Waals surface area (Å²) in [7, 11) is 0. The molecule has 1 amide bonds. The van der Waals surface area contributed by atoms with Crippen molar-refractivity contribution in [2.24, 2.45) is 0 Å². The van der Waals surface area contributed by atoms with Crippen LogP contribution in [0.3, 0.4) is 0 Å². The first-order valence-corrected chi connectivity index (χ1v) is 24.4. The van der Waals surface area contributed by atoms with E-state index in [1.165, 1.54) is 89.9 Å². The third kappa shape index (κ3) is 40.4. The summed E-state index contributed by atoms with van der Waals surface area (Å²) in [6.07, 6.45) is 53.1. The molecule has 0 saturated carbocycles. The number of unbranched alkanes of at least 4 members (excludes halogenated alkanes) is 23. The fourth-order valence-corrected chi connectivity index (χ4v) is 7.20. The number of rotatable bonds is 43. The van der Waals surface area contributed by atoms with Crippen molar-refractivity contribution < 1.29 is 24.5 Å². The van der Waals surface area contributed by atoms with Crippen molar-refractivity contribution >= 4 is 11.9 Å². The minimum atomic E-state index is -0.793. The van der Waals surface area contributed by atoms with Crippen molar-refractivity contribution in [1.29, 1.82) is 0 Å². The molecule has 0 aliphatic rings. The predicted molar refractivity (Wildman–Crippen MR) is 245 cm³/mol. The van der Waals surface area contributed by atoms with E-state index in [9.17, 15) is 19.8 Å². The summed E-state index contributed by atoms with van der Waals surface area (Å²) in [6.45, 7) is 6.34. The van der Waals surface area contributed by atoms with Crippen LogP contribution in [0.4, 0.5) is 0 Å². The zero-order chi connectivity index (χ0) is 41.7. The van der Waals surface area contributed by atoms with Gasteiger partial charge in [-0.15, -0.1) is 0 Å². The van der Waals surface area contributed by atoms with Gasteiger partial charge in [-0.05, 0) is 83.5 Å². The number of carbonyl (C=O) groups is 2. The van der Waals surface area contributed by atoms with Gasteiger partial charge in [0.1, 0.15) is 6.10 Å². The summed E-state index contributed by atoms with van der Waals surface area (Å²) < 4.78 is 5.90. The van der Waals surface area contributed by atoms with E-state index in [4.69, 9.17) is 4.74 Å². The van der Waals surface area contributed by atoms with Crippen molar-refractivity contribution in [3.8, 4) is 0 Å². The second kappa shape index (κ2) is 44.9. The molecule has 3 atom stereocenters. The maximum atomic E-state index is 13.2. The molecule has 0 fully saturated rings. The number of aliphatic hydroxyl groups is 2. The molecule has 0 bridgehead atoms. The molecule has 57 heavy (non-hydrogen) atoms. The number of carbonyl (C=O) groups excluding carboxylic acids is 2. The van der Waals surface area contributed by atoms with Gasteiger partial charge >= 0.3 is 5.97 Å². The van der Waals surface area contributed by atoms with E-state index in [-0.39, 0.29) is 24.9 Å². The monoisotopic (exact) mass is 800 g/mol. The molecule has 332 valence electrons. The molecule has 0 saturated heterocycles. The van der Waals surface area contributed by atoms with Crippen molar-refractivity contribution in [1.82, 2.24) is 5.32 Å². The molecule has 6 heteroatoms. The number of esters is 1. The summed E-state index contributed by atoms with van der Waals surface area (Å²) in [6, 6.07) is -0.709. The number of allylic oxidation sites excluding steroid dienone is 8. The van der Waals surface area contributed by atoms with Gasteiger partial charge in [0, 0.05) is 6.42 Å². The summed E-state index contributed by atoms with van der Waals surface area (Å²) in [4.78, 5) is 26.0. The molecule has 0 aliphatic heterocycles. The summed E-state index contributed by atoms with van der Waals surface area (Å²) in [5.41, 5.74) is 0. The van der Waals surface area contributed by atoms with Gasteiger partial charge in [0.05, 0.1) is 25.2 Å². The summed E-state index contributed by atoms with van der Waals surface area (Å²) >= 11 is 0. The second-order valence-corrected chi connectivity index (χ2v) is 16.5. The van der Waals surface area contributed by atoms with Crippen LogP contribution in [0.15, 0.2) is 48.6 Å². The van der Waals surface area contributed by atoms with Crippen LogP contribution >= 0.6 is 0 Å². The van der Waals surface area contributed by atoms with Gasteiger partial charge in [-0.1, -0.05) is 191 Å². The molecule has 3 N–H and O–H groups in total. The molecule has 0 rings (SSSR count). The average Bonchev–Trinajstić information content (AvgIpc) is 3.20. The van der Waals surface area contributed by atoms with Crippen molar-refractivity contribution in [3.05, 3.63) is 48.6 Å². The highest BCUT2D eigenvalue weighted by atomic mass is 16.5. The van der Waals surface area contributed by atoms with E-state index in [1.807, 2.05) is 0 Å². The van der Waals surface area contributed by atoms with E-state index < -0.39 is 18.2 Å². The normalized spacial score (nSPS) is 13.7. The number of hydrogen-bond donors (Lipinski definition) is 3. The maximum Gasteiger partial charge on any atom is 0.306 e. The quantitative estimate of drug-likeness (QED) is 0.0324. The molecule has 0 aliphatic carbocycles. The second-order valence-electron chi connectivity index (χ2n) is 16.5. The minimum Gasteiger partial charge on any atom is -0.462 e. The molecule has 0 aromatic carbocycles. The first-order chi connectivity index (χ1) is 28.0. The standard InChI is InChI=1S/C51H93NO5/c1-4-7-10-13-16-19-22-24-26-28-30-33-36-39-42-47(57-51(56)44-41-38-35-32-29-27-25-23-20-17-14-11-8-5-2)45-50(55)52-48(46-53)49(54)43-40-37-34-31-21-18-15-12-9-6-3/h8,11,17,20,25-28,47-49,53-54H,4-7,9-10,12-16,18-19,21-24,29-46H2,1-3H3,(H,52,55)/b11-8+,20-17+,27-25+,28-26+. The van der Waals surface area contributed by atoms with E-state index in [0.717, 1.165) is 103 Å². The largest absolute Gasteiger partial charge is 0.462 e. The predicted octanol–water partition coefficient (Wildman–Crippen LogP) is 14.3. The van der Waals surface area contributed by atoms with Crippen LogP contribution in [-0.2, 0) is 14.3 Å². The summed E-state index contributed by atoms with van der Waals surface area (Å²) in [5, 5.41) is 23.7. The van der Waals surface area contributed by atoms with Crippen molar-refractivity contribution in [3.63, 3.8) is 0 Å². The van der Waals surface area contributed by atoms with E-state index in [1.54, 1.807) is 0 Å². The van der Waals surface area contributed by atoms with Gasteiger partial charge in [-0.2, -0.15) is 0 Å².